The van der Waals surface area contributed by atoms with Gasteiger partial charge in [-0.25, -0.2) is 4.39 Å². The molecule has 1 aliphatic rings. The van der Waals surface area contributed by atoms with E-state index in [1.54, 1.807) is 18.3 Å². The maximum Gasteiger partial charge on any atom is 0.174 e. The number of hydrogen-bond donors (Lipinski definition) is 1. The van der Waals surface area contributed by atoms with E-state index in [1.165, 1.54) is 11.6 Å². The predicted molar refractivity (Wildman–Crippen MR) is 125 cm³/mol. The molecule has 0 aliphatic carbocycles. The van der Waals surface area contributed by atoms with Crippen LogP contribution in [0.3, 0.4) is 0 Å². The van der Waals surface area contributed by atoms with E-state index in [2.05, 4.69) is 46.4 Å². The Morgan fingerprint density at radius 2 is 1.71 bits per heavy atom. The number of benzene rings is 2. The first-order chi connectivity index (χ1) is 15.1. The lowest BCUT2D eigenvalue weighted by Crippen LogP contribution is -2.30. The van der Waals surface area contributed by atoms with Crippen molar-refractivity contribution in [2.45, 2.75) is 19.0 Å². The van der Waals surface area contributed by atoms with Gasteiger partial charge in [-0.05, 0) is 67.7 Å². The third-order valence-corrected chi connectivity index (χ3v) is 5.92. The zero-order chi connectivity index (χ0) is 21.4. The molecule has 6 heteroatoms. The van der Waals surface area contributed by atoms with E-state index < -0.39 is 0 Å². The number of rotatable bonds is 4. The molecule has 0 spiro atoms. The van der Waals surface area contributed by atoms with Crippen molar-refractivity contribution >= 4 is 23.0 Å². The summed E-state index contributed by atoms with van der Waals surface area (Å²) in [6, 6.07) is 24.5. The first kappa shape index (κ1) is 19.5. The average Bonchev–Trinajstić information content (AvgIpc) is 3.39. The Morgan fingerprint density at radius 3 is 2.45 bits per heavy atom. The number of thiocarbonyl (C=S) groups is 1. The van der Waals surface area contributed by atoms with Crippen molar-refractivity contribution in [1.82, 2.24) is 14.9 Å². The fourth-order valence-electron chi connectivity index (χ4n) is 4.14. The first-order valence-electron chi connectivity index (χ1n) is 10.1. The van der Waals surface area contributed by atoms with Gasteiger partial charge in [-0.3, -0.25) is 4.98 Å². The van der Waals surface area contributed by atoms with E-state index in [9.17, 15) is 4.39 Å². The molecule has 4 aromatic rings. The van der Waals surface area contributed by atoms with Crippen LogP contribution in [0.2, 0.25) is 0 Å². The molecule has 0 bridgehead atoms. The lowest BCUT2D eigenvalue weighted by molar-refractivity contribution is 0.544. The van der Waals surface area contributed by atoms with Crippen LogP contribution in [0.4, 0.5) is 10.1 Å². The molecule has 0 radical (unpaired) electrons. The number of aromatic nitrogens is 2. The summed E-state index contributed by atoms with van der Waals surface area (Å²) in [7, 11) is 0. The van der Waals surface area contributed by atoms with Crippen LogP contribution in [0.5, 0.6) is 0 Å². The van der Waals surface area contributed by atoms with E-state index in [-0.39, 0.29) is 17.9 Å². The highest BCUT2D eigenvalue weighted by Crippen LogP contribution is 2.42. The molecule has 5 rings (SSSR count). The lowest BCUT2D eigenvalue weighted by atomic mass is 10.0. The van der Waals surface area contributed by atoms with Crippen LogP contribution in [0.15, 0.2) is 91.3 Å². The second-order valence-electron chi connectivity index (χ2n) is 7.59. The summed E-state index contributed by atoms with van der Waals surface area (Å²) in [6.07, 6.45) is 3.67. The summed E-state index contributed by atoms with van der Waals surface area (Å²) >= 11 is 5.77. The van der Waals surface area contributed by atoms with E-state index >= 15 is 0 Å². The molecule has 2 aromatic heterocycles. The van der Waals surface area contributed by atoms with Gasteiger partial charge in [0.15, 0.2) is 5.11 Å². The van der Waals surface area contributed by atoms with E-state index in [0.717, 1.165) is 17.1 Å². The maximum atomic E-state index is 14.7. The van der Waals surface area contributed by atoms with E-state index in [1.807, 2.05) is 47.2 Å². The number of nitrogens with one attached hydrogen (secondary N) is 1. The number of aryl methyl sites for hydroxylation is 1. The molecule has 31 heavy (non-hydrogen) atoms. The Kier molecular flexibility index (Phi) is 5.00. The largest absolute Gasteiger partial charge is 0.351 e. The molecule has 0 unspecified atom stereocenters. The van der Waals surface area contributed by atoms with Gasteiger partial charge in [-0.2, -0.15) is 0 Å². The van der Waals surface area contributed by atoms with Crippen LogP contribution >= 0.6 is 12.2 Å². The zero-order valence-electron chi connectivity index (χ0n) is 16.9. The second kappa shape index (κ2) is 7.96. The van der Waals surface area contributed by atoms with E-state index in [0.29, 0.717) is 10.8 Å². The van der Waals surface area contributed by atoms with Crippen LogP contribution < -0.4 is 10.2 Å². The van der Waals surface area contributed by atoms with Crippen LogP contribution in [0.1, 0.15) is 29.0 Å². The standard InChI is InChI=1S/C25H21FN4S/c1-17-11-13-18(14-12-17)30-24(23(28-25(30)31)20-8-4-5-15-27-20)22-10-6-16-29(22)21-9-3-2-7-19(21)26/h2-16,23-24H,1H3,(H,28,31)/t23-,24-/m1/s1. The van der Waals surface area contributed by atoms with Crippen molar-refractivity contribution in [2.24, 2.45) is 0 Å². The van der Waals surface area contributed by atoms with Crippen molar-refractivity contribution in [3.05, 3.63) is 114 Å². The number of para-hydroxylation sites is 1. The van der Waals surface area contributed by atoms with Crippen molar-refractivity contribution in [1.29, 1.82) is 0 Å². The molecule has 1 aliphatic heterocycles. The van der Waals surface area contributed by atoms with Gasteiger partial charge in [0.2, 0.25) is 0 Å². The maximum absolute atomic E-state index is 14.7. The molecule has 1 N–H and O–H groups in total. The van der Waals surface area contributed by atoms with E-state index in [4.69, 9.17) is 12.2 Å². The molecule has 0 amide bonds. The van der Waals surface area contributed by atoms with Crippen LogP contribution in [0.25, 0.3) is 5.69 Å². The molecular weight excluding hydrogens is 407 g/mol. The molecule has 2 atom stereocenters. The summed E-state index contributed by atoms with van der Waals surface area (Å²) in [4.78, 5) is 6.68. The number of halogens is 1. The lowest BCUT2D eigenvalue weighted by Gasteiger charge is -2.29. The van der Waals surface area contributed by atoms with Crippen molar-refractivity contribution in [2.75, 3.05) is 4.90 Å². The molecular formula is C25H21FN4S. The van der Waals surface area contributed by atoms with Crippen molar-refractivity contribution < 1.29 is 4.39 Å². The average molecular weight is 429 g/mol. The summed E-state index contributed by atoms with van der Waals surface area (Å²) in [5.74, 6) is -0.273. The Labute approximate surface area is 186 Å². The van der Waals surface area contributed by atoms with Gasteiger partial charge in [-0.1, -0.05) is 35.9 Å². The zero-order valence-corrected chi connectivity index (χ0v) is 17.8. The van der Waals surface area contributed by atoms with Gasteiger partial charge in [0.05, 0.1) is 17.4 Å². The fourth-order valence-corrected chi connectivity index (χ4v) is 4.49. The smallest absolute Gasteiger partial charge is 0.174 e. The molecule has 3 heterocycles. The highest BCUT2D eigenvalue weighted by Gasteiger charge is 2.42. The van der Waals surface area contributed by atoms with Gasteiger partial charge in [0, 0.05) is 23.8 Å². The number of nitrogens with zero attached hydrogens (tertiary/aromatic N) is 3. The highest BCUT2D eigenvalue weighted by molar-refractivity contribution is 7.80. The third-order valence-electron chi connectivity index (χ3n) is 5.61. The quantitative estimate of drug-likeness (QED) is 0.435. The Balaban J connectivity index is 1.68. The van der Waals surface area contributed by atoms with Gasteiger partial charge in [0.1, 0.15) is 11.9 Å². The van der Waals surface area contributed by atoms with Gasteiger partial charge in [-0.15, -0.1) is 0 Å². The third kappa shape index (κ3) is 3.49. The molecule has 154 valence electrons. The van der Waals surface area contributed by atoms with Crippen LogP contribution in [-0.4, -0.2) is 14.7 Å². The molecule has 4 nitrogen and oxygen atoms in total. The monoisotopic (exact) mass is 428 g/mol. The normalized spacial score (nSPS) is 18.3. The van der Waals surface area contributed by atoms with Gasteiger partial charge in [0.25, 0.3) is 0 Å². The first-order valence-corrected chi connectivity index (χ1v) is 10.5. The summed E-state index contributed by atoms with van der Waals surface area (Å²) in [5.41, 5.74) is 4.46. The van der Waals surface area contributed by atoms with Crippen LogP contribution in [0, 0.1) is 12.7 Å². The summed E-state index contributed by atoms with van der Waals surface area (Å²) in [5, 5.41) is 4.07. The highest BCUT2D eigenvalue weighted by atomic mass is 32.1. The Hall–Kier alpha value is -3.51. The number of pyridine rings is 1. The predicted octanol–water partition coefficient (Wildman–Crippen LogP) is 5.50. The van der Waals surface area contributed by atoms with Crippen molar-refractivity contribution in [3.8, 4) is 5.69 Å². The Morgan fingerprint density at radius 1 is 0.935 bits per heavy atom. The molecule has 0 saturated carbocycles. The molecule has 1 saturated heterocycles. The van der Waals surface area contributed by atoms with Gasteiger partial charge < -0.3 is 14.8 Å². The Bertz CT molecular complexity index is 1220. The van der Waals surface area contributed by atoms with Gasteiger partial charge >= 0.3 is 0 Å². The van der Waals surface area contributed by atoms with Crippen LogP contribution in [-0.2, 0) is 0 Å². The topological polar surface area (TPSA) is 33.1 Å². The summed E-state index contributed by atoms with van der Waals surface area (Å²) in [6.45, 7) is 2.06. The minimum atomic E-state index is -0.273. The minimum absolute atomic E-state index is 0.185. The number of hydrogen-bond acceptors (Lipinski definition) is 2. The number of anilines is 1. The molecule has 2 aromatic carbocycles. The fraction of sp³-hybridized carbons (Fsp3) is 0.120. The van der Waals surface area contributed by atoms with Crippen molar-refractivity contribution in [3.63, 3.8) is 0 Å². The minimum Gasteiger partial charge on any atom is -0.351 e. The molecule has 1 fully saturated rings. The SMILES string of the molecule is Cc1ccc(N2C(=S)N[C@H](c3ccccn3)[C@H]2c2cccn2-c2ccccc2F)cc1. The summed E-state index contributed by atoms with van der Waals surface area (Å²) < 4.78 is 16.6. The second-order valence-corrected chi connectivity index (χ2v) is 7.97.